The van der Waals surface area contributed by atoms with E-state index in [1.807, 2.05) is 19.9 Å². The number of halogens is 1. The van der Waals surface area contributed by atoms with E-state index in [1.165, 1.54) is 0 Å². The average molecular weight is 376 g/mol. The summed E-state index contributed by atoms with van der Waals surface area (Å²) in [5.74, 6) is 1.03. The maximum absolute atomic E-state index is 12.4. The minimum atomic E-state index is -0.345. The van der Waals surface area contributed by atoms with E-state index in [0.717, 1.165) is 32.0 Å². The highest BCUT2D eigenvalue weighted by Crippen LogP contribution is 2.25. The summed E-state index contributed by atoms with van der Waals surface area (Å²) in [7, 11) is 0. The third kappa shape index (κ3) is 4.83. The molecule has 2 aromatic rings. The summed E-state index contributed by atoms with van der Waals surface area (Å²) in [6.45, 7) is 7.44. The van der Waals surface area contributed by atoms with Crippen LogP contribution in [0.5, 0.6) is 5.75 Å². The second-order valence-electron chi connectivity index (χ2n) is 6.31. The molecule has 1 aromatic heterocycles. The molecular formula is C18H22ClN5O2. The van der Waals surface area contributed by atoms with Crippen LogP contribution in [0.25, 0.3) is 0 Å². The lowest BCUT2D eigenvalue weighted by atomic mass is 10.2. The Bertz CT molecular complexity index is 761. The second-order valence-corrected chi connectivity index (χ2v) is 6.75. The van der Waals surface area contributed by atoms with Crippen molar-refractivity contribution >= 4 is 29.0 Å². The second kappa shape index (κ2) is 8.33. The summed E-state index contributed by atoms with van der Waals surface area (Å²) in [4.78, 5) is 14.6. The van der Waals surface area contributed by atoms with Crippen molar-refractivity contribution < 1.29 is 9.53 Å². The fourth-order valence-electron chi connectivity index (χ4n) is 2.68. The van der Waals surface area contributed by atoms with Crippen molar-refractivity contribution in [2.45, 2.75) is 20.0 Å². The fraction of sp³-hybridized carbons (Fsp3) is 0.389. The third-order valence-corrected chi connectivity index (χ3v) is 4.04. The summed E-state index contributed by atoms with van der Waals surface area (Å²) < 4.78 is 5.63. The number of rotatable bonds is 5. The predicted molar refractivity (Wildman–Crippen MR) is 102 cm³/mol. The molecule has 2 heterocycles. The molecular weight excluding hydrogens is 354 g/mol. The third-order valence-electron chi connectivity index (χ3n) is 3.83. The highest BCUT2D eigenvalue weighted by Gasteiger charge is 2.14. The number of ether oxygens (including phenoxy) is 1. The Hall–Kier alpha value is -2.38. The van der Waals surface area contributed by atoms with Crippen LogP contribution in [0, 0.1) is 0 Å². The van der Waals surface area contributed by atoms with Gasteiger partial charge >= 0.3 is 0 Å². The first kappa shape index (κ1) is 18.4. The average Bonchev–Trinajstić information content (AvgIpc) is 2.61. The molecule has 26 heavy (non-hydrogen) atoms. The number of nitrogens with one attached hydrogen (secondary N) is 2. The zero-order chi connectivity index (χ0) is 18.5. The van der Waals surface area contributed by atoms with Crippen LogP contribution >= 0.6 is 11.6 Å². The fourth-order valence-corrected chi connectivity index (χ4v) is 2.90. The van der Waals surface area contributed by atoms with Gasteiger partial charge in [-0.15, -0.1) is 10.2 Å². The number of aromatic nitrogens is 2. The Morgan fingerprint density at radius 3 is 2.65 bits per heavy atom. The topological polar surface area (TPSA) is 79.4 Å². The summed E-state index contributed by atoms with van der Waals surface area (Å²) in [6.07, 6.45) is 0.0143. The van der Waals surface area contributed by atoms with Crippen LogP contribution in [0.3, 0.4) is 0 Å². The Morgan fingerprint density at radius 1 is 1.23 bits per heavy atom. The van der Waals surface area contributed by atoms with Gasteiger partial charge in [0.1, 0.15) is 5.75 Å². The van der Waals surface area contributed by atoms with E-state index in [4.69, 9.17) is 16.3 Å². The SMILES string of the molecule is CC(C)Oc1cc(Cl)cc(NC(=O)c2ccc(N3CCNCC3)nn2)c1. The van der Waals surface area contributed by atoms with Gasteiger partial charge in [0, 0.05) is 43.0 Å². The van der Waals surface area contributed by atoms with E-state index < -0.39 is 0 Å². The van der Waals surface area contributed by atoms with Gasteiger partial charge in [-0.05, 0) is 38.1 Å². The normalized spacial score (nSPS) is 14.4. The van der Waals surface area contributed by atoms with Gasteiger partial charge in [-0.2, -0.15) is 0 Å². The van der Waals surface area contributed by atoms with Gasteiger partial charge in [0.15, 0.2) is 11.5 Å². The molecule has 0 spiro atoms. The minimum absolute atomic E-state index is 0.0143. The van der Waals surface area contributed by atoms with E-state index in [2.05, 4.69) is 25.7 Å². The Kier molecular flexibility index (Phi) is 5.90. The number of anilines is 2. The number of benzene rings is 1. The van der Waals surface area contributed by atoms with Gasteiger partial charge in [0.2, 0.25) is 0 Å². The van der Waals surface area contributed by atoms with Crippen LogP contribution in [-0.2, 0) is 0 Å². The molecule has 7 nitrogen and oxygen atoms in total. The number of amides is 1. The smallest absolute Gasteiger partial charge is 0.276 e. The molecule has 2 N–H and O–H groups in total. The molecule has 0 radical (unpaired) electrons. The maximum atomic E-state index is 12.4. The molecule has 1 aliphatic heterocycles. The van der Waals surface area contributed by atoms with E-state index >= 15 is 0 Å². The summed E-state index contributed by atoms with van der Waals surface area (Å²) >= 11 is 6.10. The highest BCUT2D eigenvalue weighted by molar-refractivity contribution is 6.31. The quantitative estimate of drug-likeness (QED) is 0.836. The largest absolute Gasteiger partial charge is 0.491 e. The van der Waals surface area contributed by atoms with Crippen molar-refractivity contribution in [2.75, 3.05) is 36.4 Å². The van der Waals surface area contributed by atoms with E-state index in [0.29, 0.717) is 16.5 Å². The molecule has 3 rings (SSSR count). The first-order valence-electron chi connectivity index (χ1n) is 8.59. The van der Waals surface area contributed by atoms with Gasteiger partial charge in [0.25, 0.3) is 5.91 Å². The first-order valence-corrected chi connectivity index (χ1v) is 8.97. The summed E-state index contributed by atoms with van der Waals surface area (Å²) in [6, 6.07) is 8.59. The number of hydrogen-bond donors (Lipinski definition) is 2. The molecule has 1 saturated heterocycles. The van der Waals surface area contributed by atoms with Crippen LogP contribution in [0.2, 0.25) is 5.02 Å². The van der Waals surface area contributed by atoms with Crippen molar-refractivity contribution in [1.82, 2.24) is 15.5 Å². The zero-order valence-corrected chi connectivity index (χ0v) is 15.6. The molecule has 0 aliphatic carbocycles. The number of hydrogen-bond acceptors (Lipinski definition) is 6. The minimum Gasteiger partial charge on any atom is -0.491 e. The van der Waals surface area contributed by atoms with Crippen LogP contribution in [0.1, 0.15) is 24.3 Å². The molecule has 138 valence electrons. The lowest BCUT2D eigenvalue weighted by Crippen LogP contribution is -2.44. The van der Waals surface area contributed by atoms with E-state index in [-0.39, 0.29) is 17.7 Å². The standard InChI is InChI=1S/C18H22ClN5O2/c1-12(2)26-15-10-13(19)9-14(11-15)21-18(25)16-3-4-17(23-22-16)24-7-5-20-6-8-24/h3-4,9-12,20H,5-8H2,1-2H3,(H,21,25). The van der Waals surface area contributed by atoms with Crippen molar-refractivity contribution in [1.29, 1.82) is 0 Å². The monoisotopic (exact) mass is 375 g/mol. The molecule has 0 unspecified atom stereocenters. The van der Waals surface area contributed by atoms with Crippen LogP contribution in [-0.4, -0.2) is 48.4 Å². The maximum Gasteiger partial charge on any atom is 0.276 e. The van der Waals surface area contributed by atoms with Gasteiger partial charge in [-0.1, -0.05) is 11.6 Å². The summed E-state index contributed by atoms with van der Waals surface area (Å²) in [5.41, 5.74) is 0.793. The molecule has 0 saturated carbocycles. The molecule has 0 atom stereocenters. The van der Waals surface area contributed by atoms with Crippen molar-refractivity contribution in [2.24, 2.45) is 0 Å². The number of carbonyl (C=O) groups is 1. The number of carbonyl (C=O) groups excluding carboxylic acids is 1. The molecule has 0 bridgehead atoms. The van der Waals surface area contributed by atoms with Crippen molar-refractivity contribution in [3.05, 3.63) is 41.0 Å². The Balaban J connectivity index is 1.68. The zero-order valence-electron chi connectivity index (χ0n) is 14.8. The van der Waals surface area contributed by atoms with E-state index in [1.54, 1.807) is 24.3 Å². The Labute approximate surface area is 157 Å². The van der Waals surface area contributed by atoms with Crippen LogP contribution in [0.4, 0.5) is 11.5 Å². The first-order chi connectivity index (χ1) is 12.5. The molecule has 8 heteroatoms. The van der Waals surface area contributed by atoms with E-state index in [9.17, 15) is 4.79 Å². The number of nitrogens with zero attached hydrogens (tertiary/aromatic N) is 3. The molecule has 1 aromatic carbocycles. The van der Waals surface area contributed by atoms with Gasteiger partial charge in [0.05, 0.1) is 6.10 Å². The molecule has 1 fully saturated rings. The van der Waals surface area contributed by atoms with Gasteiger partial charge < -0.3 is 20.3 Å². The summed E-state index contributed by atoms with van der Waals surface area (Å²) in [5, 5.41) is 14.8. The highest BCUT2D eigenvalue weighted by atomic mass is 35.5. The molecule has 1 aliphatic rings. The lowest BCUT2D eigenvalue weighted by Gasteiger charge is -2.27. The Morgan fingerprint density at radius 2 is 2.00 bits per heavy atom. The van der Waals surface area contributed by atoms with Crippen molar-refractivity contribution in [3.63, 3.8) is 0 Å². The van der Waals surface area contributed by atoms with Gasteiger partial charge in [-0.3, -0.25) is 4.79 Å². The lowest BCUT2D eigenvalue weighted by molar-refractivity contribution is 0.102. The van der Waals surface area contributed by atoms with Crippen LogP contribution < -0.4 is 20.3 Å². The number of piperazine rings is 1. The molecule has 1 amide bonds. The predicted octanol–water partition coefficient (Wildman–Crippen LogP) is 2.58. The van der Waals surface area contributed by atoms with Crippen LogP contribution in [0.15, 0.2) is 30.3 Å². The van der Waals surface area contributed by atoms with Gasteiger partial charge in [-0.25, -0.2) is 0 Å². The van der Waals surface area contributed by atoms with Crippen molar-refractivity contribution in [3.8, 4) is 5.75 Å².